The number of hydrogen-bond acceptors (Lipinski definition) is 8. The molecular formula is C24H25F4N5O3S. The van der Waals surface area contributed by atoms with Crippen molar-refractivity contribution in [2.24, 2.45) is 0 Å². The molecule has 8 nitrogen and oxygen atoms in total. The zero-order valence-electron chi connectivity index (χ0n) is 20.3. The van der Waals surface area contributed by atoms with Gasteiger partial charge in [-0.1, -0.05) is 0 Å². The molecule has 3 aromatic rings. The van der Waals surface area contributed by atoms with Crippen LogP contribution in [0.5, 0.6) is 5.75 Å². The van der Waals surface area contributed by atoms with Gasteiger partial charge >= 0.3 is 6.18 Å². The first-order valence-electron chi connectivity index (χ1n) is 11.4. The Labute approximate surface area is 214 Å². The molecule has 0 saturated carbocycles. The van der Waals surface area contributed by atoms with E-state index in [1.54, 1.807) is 6.20 Å². The van der Waals surface area contributed by atoms with Crippen LogP contribution in [0.3, 0.4) is 0 Å². The van der Waals surface area contributed by atoms with E-state index in [9.17, 15) is 18.0 Å². The number of rotatable bonds is 7. The number of likely N-dealkylation sites (N-methyl/N-ethyl adjacent to an activating group) is 1. The van der Waals surface area contributed by atoms with Crippen molar-refractivity contribution in [3.63, 3.8) is 0 Å². The van der Waals surface area contributed by atoms with Crippen LogP contribution < -0.4 is 10.1 Å². The second-order valence-corrected chi connectivity index (χ2v) is 9.94. The Kier molecular flexibility index (Phi) is 8.05. The minimum Gasteiger partial charge on any atom is -0.491 e. The van der Waals surface area contributed by atoms with Crippen LogP contribution in [0.4, 0.5) is 17.6 Å². The Morgan fingerprint density at radius 1 is 1.27 bits per heavy atom. The third kappa shape index (κ3) is 6.59. The molecule has 1 N–H and O–H groups in total. The molecule has 2 atom stereocenters. The van der Waals surface area contributed by atoms with Crippen molar-refractivity contribution in [3.8, 4) is 16.3 Å². The number of aromatic nitrogens is 3. The molecule has 1 amide bonds. The van der Waals surface area contributed by atoms with Gasteiger partial charge in [-0.3, -0.25) is 4.79 Å². The van der Waals surface area contributed by atoms with Crippen LogP contribution in [0.1, 0.15) is 39.6 Å². The van der Waals surface area contributed by atoms with E-state index in [2.05, 4.69) is 25.2 Å². The quantitative estimate of drug-likeness (QED) is 0.449. The van der Waals surface area contributed by atoms with Crippen LogP contribution in [0.2, 0.25) is 0 Å². The van der Waals surface area contributed by atoms with Crippen molar-refractivity contribution in [1.82, 2.24) is 25.2 Å². The van der Waals surface area contributed by atoms with Gasteiger partial charge in [0.05, 0.1) is 23.8 Å². The molecule has 2 aromatic heterocycles. The number of thiazole rings is 1. The summed E-state index contributed by atoms with van der Waals surface area (Å²) in [6.45, 7) is 5.61. The summed E-state index contributed by atoms with van der Waals surface area (Å²) < 4.78 is 65.4. The number of ether oxygens (including phenoxy) is 2. The number of hydrogen-bond donors (Lipinski definition) is 1. The first-order valence-corrected chi connectivity index (χ1v) is 12.2. The number of carbonyl (C=O) groups excluding carboxylic acids is 1. The normalized spacial score (nSPS) is 17.4. The zero-order valence-corrected chi connectivity index (χ0v) is 21.1. The van der Waals surface area contributed by atoms with E-state index < -0.39 is 29.8 Å². The van der Waals surface area contributed by atoms with Crippen molar-refractivity contribution >= 4 is 17.2 Å². The van der Waals surface area contributed by atoms with Gasteiger partial charge in [0.1, 0.15) is 29.3 Å². The molecule has 198 valence electrons. The maximum absolute atomic E-state index is 15.6. The molecule has 1 aliphatic rings. The van der Waals surface area contributed by atoms with Gasteiger partial charge in [0.15, 0.2) is 0 Å². The van der Waals surface area contributed by atoms with Gasteiger partial charge in [-0.15, -0.1) is 11.3 Å². The summed E-state index contributed by atoms with van der Waals surface area (Å²) in [6, 6.07) is 1.98. The number of morpholine rings is 1. The third-order valence-corrected chi connectivity index (χ3v) is 6.64. The molecule has 1 unspecified atom stereocenters. The summed E-state index contributed by atoms with van der Waals surface area (Å²) in [6.07, 6.45) is -1.32. The van der Waals surface area contributed by atoms with Crippen molar-refractivity contribution < 1.29 is 31.8 Å². The molecule has 1 aliphatic heterocycles. The monoisotopic (exact) mass is 539 g/mol. The molecule has 3 heterocycles. The molecule has 1 fully saturated rings. The lowest BCUT2D eigenvalue weighted by molar-refractivity contribution is -0.145. The second kappa shape index (κ2) is 11.1. The van der Waals surface area contributed by atoms with Gasteiger partial charge in [0.25, 0.3) is 5.91 Å². The predicted octanol–water partition coefficient (Wildman–Crippen LogP) is 4.27. The van der Waals surface area contributed by atoms with Crippen LogP contribution in [0, 0.1) is 12.7 Å². The maximum atomic E-state index is 15.6. The summed E-state index contributed by atoms with van der Waals surface area (Å²) in [4.78, 5) is 26.9. The van der Waals surface area contributed by atoms with Crippen molar-refractivity contribution in [3.05, 3.63) is 58.4 Å². The standard InChI is InChI=1S/C24H25F4N5O3S/c1-13-8-29-22(37-13)19-7-16(36-12-17-11-33(3)4-5-35-17)6-18(20(19)25)21(34)32-14(2)15-9-30-23(31-10-15)24(26,27)28/h6-10,14,17H,4-5,11-12H2,1-3H3,(H,32,34)/t14?,17-/m1/s1. The highest BCUT2D eigenvalue weighted by molar-refractivity contribution is 7.14. The number of nitrogens with one attached hydrogen (secondary N) is 1. The average molecular weight is 540 g/mol. The number of carbonyl (C=O) groups is 1. The number of aryl methyl sites for hydroxylation is 1. The first kappa shape index (κ1) is 26.9. The van der Waals surface area contributed by atoms with E-state index in [1.165, 1.54) is 30.4 Å². The van der Waals surface area contributed by atoms with E-state index >= 15 is 4.39 Å². The van der Waals surface area contributed by atoms with Crippen molar-refractivity contribution in [2.75, 3.05) is 33.4 Å². The summed E-state index contributed by atoms with van der Waals surface area (Å²) >= 11 is 1.27. The molecule has 0 bridgehead atoms. The number of alkyl halides is 3. The fourth-order valence-corrected chi connectivity index (χ4v) is 4.48. The summed E-state index contributed by atoms with van der Waals surface area (Å²) in [5.41, 5.74) is 0.0400. The molecule has 0 spiro atoms. The van der Waals surface area contributed by atoms with E-state index in [4.69, 9.17) is 9.47 Å². The lowest BCUT2D eigenvalue weighted by Crippen LogP contribution is -2.42. The molecule has 1 aromatic carbocycles. The highest BCUT2D eigenvalue weighted by Gasteiger charge is 2.34. The van der Waals surface area contributed by atoms with E-state index in [1.807, 2.05) is 14.0 Å². The molecule has 0 aliphatic carbocycles. The topological polar surface area (TPSA) is 89.5 Å². The van der Waals surface area contributed by atoms with Gasteiger partial charge in [0, 0.05) is 42.1 Å². The minimum absolute atomic E-state index is 0.105. The van der Waals surface area contributed by atoms with Gasteiger partial charge in [0.2, 0.25) is 5.82 Å². The van der Waals surface area contributed by atoms with Gasteiger partial charge in [-0.2, -0.15) is 13.2 Å². The summed E-state index contributed by atoms with van der Waals surface area (Å²) in [5, 5.41) is 2.97. The fourth-order valence-electron chi connectivity index (χ4n) is 3.70. The Balaban J connectivity index is 1.57. The number of benzene rings is 1. The van der Waals surface area contributed by atoms with E-state index in [-0.39, 0.29) is 35.2 Å². The smallest absolute Gasteiger partial charge is 0.451 e. The average Bonchev–Trinajstić information content (AvgIpc) is 3.28. The second-order valence-electron chi connectivity index (χ2n) is 8.71. The summed E-state index contributed by atoms with van der Waals surface area (Å²) in [7, 11) is 1.97. The minimum atomic E-state index is -4.68. The molecule has 37 heavy (non-hydrogen) atoms. The Hall–Kier alpha value is -3.16. The molecule has 13 heteroatoms. The van der Waals surface area contributed by atoms with Crippen LogP contribution in [-0.2, 0) is 10.9 Å². The highest BCUT2D eigenvalue weighted by atomic mass is 32.1. The largest absolute Gasteiger partial charge is 0.491 e. The van der Waals surface area contributed by atoms with Crippen molar-refractivity contribution in [1.29, 1.82) is 0 Å². The van der Waals surface area contributed by atoms with Gasteiger partial charge < -0.3 is 19.7 Å². The van der Waals surface area contributed by atoms with E-state index in [0.717, 1.165) is 23.8 Å². The van der Waals surface area contributed by atoms with Crippen LogP contribution in [-0.4, -0.2) is 65.2 Å². The predicted molar refractivity (Wildman–Crippen MR) is 128 cm³/mol. The third-order valence-electron chi connectivity index (χ3n) is 5.69. The maximum Gasteiger partial charge on any atom is 0.451 e. The Bertz CT molecular complexity index is 1250. The number of halogens is 4. The SMILES string of the molecule is Cc1cnc(-c2cc(OC[C@H]3CN(C)CCO3)cc(C(=O)NC(C)c3cnc(C(F)(F)F)nc3)c2F)s1. The van der Waals surface area contributed by atoms with E-state index in [0.29, 0.717) is 18.2 Å². The van der Waals surface area contributed by atoms with Crippen LogP contribution >= 0.6 is 11.3 Å². The summed E-state index contributed by atoms with van der Waals surface area (Å²) in [5.74, 6) is -2.60. The Morgan fingerprint density at radius 3 is 2.62 bits per heavy atom. The molecular weight excluding hydrogens is 514 g/mol. The van der Waals surface area contributed by atoms with Crippen molar-refractivity contribution in [2.45, 2.75) is 32.2 Å². The fraction of sp³-hybridized carbons (Fsp3) is 0.417. The molecule has 1 saturated heterocycles. The molecule has 4 rings (SSSR count). The van der Waals surface area contributed by atoms with Crippen LogP contribution in [0.25, 0.3) is 10.6 Å². The lowest BCUT2D eigenvalue weighted by Gasteiger charge is -2.29. The van der Waals surface area contributed by atoms with Gasteiger partial charge in [-0.05, 0) is 33.0 Å². The Morgan fingerprint density at radius 2 is 2.00 bits per heavy atom. The number of nitrogens with zero attached hydrogens (tertiary/aromatic N) is 4. The lowest BCUT2D eigenvalue weighted by atomic mass is 10.1. The van der Waals surface area contributed by atoms with Crippen LogP contribution in [0.15, 0.2) is 30.7 Å². The zero-order chi connectivity index (χ0) is 26.7. The number of amides is 1. The molecule has 0 radical (unpaired) electrons. The van der Waals surface area contributed by atoms with Gasteiger partial charge in [-0.25, -0.2) is 19.3 Å². The highest BCUT2D eigenvalue weighted by Crippen LogP contribution is 2.33. The first-order chi connectivity index (χ1) is 17.5.